The Bertz CT molecular complexity index is 440. The maximum atomic E-state index is 5.60. The molecule has 1 heterocycles. The van der Waals surface area contributed by atoms with Crippen molar-refractivity contribution >= 4 is 23.0 Å². The number of nitrogens with zero attached hydrogens (tertiary/aromatic N) is 1. The minimum Gasteiger partial charge on any atom is -0.348 e. The second-order valence-electron chi connectivity index (χ2n) is 6.05. The molecule has 0 bridgehead atoms. The molecule has 1 N–H and O–H groups in total. The van der Waals surface area contributed by atoms with Crippen molar-refractivity contribution in [3.05, 3.63) is 29.3 Å². The van der Waals surface area contributed by atoms with E-state index in [0.29, 0.717) is 0 Å². The molecule has 1 aromatic carbocycles. The molecule has 0 aromatic heterocycles. The van der Waals surface area contributed by atoms with E-state index >= 15 is 0 Å². The number of nitrogens with one attached hydrogen (secondary N) is 1. The standard InChI is InChI=1S/C16H24N2S/c1-11-8-12(2)10-18(9-11)16(19)17-15-13(3)6-5-7-14(15)4/h5-7,11-12H,8-10H2,1-4H3,(H,17,19)/t11-,12-/m1/s1. The second-order valence-corrected chi connectivity index (χ2v) is 6.43. The Kier molecular flexibility index (Phi) is 4.46. The van der Waals surface area contributed by atoms with Gasteiger partial charge in [-0.2, -0.15) is 0 Å². The SMILES string of the molecule is Cc1cccc(C)c1NC(=S)N1C[C@H](C)C[C@@H](C)C1. The Labute approximate surface area is 122 Å². The third-order valence-electron chi connectivity index (χ3n) is 3.87. The highest BCUT2D eigenvalue weighted by Gasteiger charge is 2.23. The summed E-state index contributed by atoms with van der Waals surface area (Å²) in [7, 11) is 0. The highest BCUT2D eigenvalue weighted by molar-refractivity contribution is 7.80. The highest BCUT2D eigenvalue weighted by atomic mass is 32.1. The molecule has 1 saturated heterocycles. The van der Waals surface area contributed by atoms with Crippen LogP contribution in [-0.2, 0) is 0 Å². The number of likely N-dealkylation sites (tertiary alicyclic amines) is 1. The summed E-state index contributed by atoms with van der Waals surface area (Å²) in [5, 5.41) is 4.32. The molecule has 0 unspecified atom stereocenters. The Morgan fingerprint density at radius 1 is 1.16 bits per heavy atom. The molecule has 0 radical (unpaired) electrons. The number of anilines is 1. The first-order chi connectivity index (χ1) is 8.97. The summed E-state index contributed by atoms with van der Waals surface area (Å²) in [4.78, 5) is 2.32. The summed E-state index contributed by atoms with van der Waals surface area (Å²) in [5.74, 6) is 1.45. The average molecular weight is 276 g/mol. The van der Waals surface area contributed by atoms with Gasteiger partial charge in [0.15, 0.2) is 5.11 Å². The van der Waals surface area contributed by atoms with Crippen molar-refractivity contribution in [3.8, 4) is 0 Å². The molecule has 2 atom stereocenters. The fraction of sp³-hybridized carbons (Fsp3) is 0.562. The number of aryl methyl sites for hydroxylation is 2. The van der Waals surface area contributed by atoms with E-state index in [1.807, 2.05) is 0 Å². The minimum atomic E-state index is 0.724. The van der Waals surface area contributed by atoms with Crippen LogP contribution in [0.1, 0.15) is 31.4 Å². The molecule has 2 rings (SSSR count). The largest absolute Gasteiger partial charge is 0.348 e. The molecule has 0 aliphatic carbocycles. The van der Waals surface area contributed by atoms with Gasteiger partial charge in [-0.3, -0.25) is 0 Å². The van der Waals surface area contributed by atoms with Crippen molar-refractivity contribution in [2.24, 2.45) is 11.8 Å². The molecule has 2 nitrogen and oxygen atoms in total. The maximum Gasteiger partial charge on any atom is 0.173 e. The third kappa shape index (κ3) is 3.47. The Balaban J connectivity index is 2.08. The zero-order valence-corrected chi connectivity index (χ0v) is 13.2. The number of para-hydroxylation sites is 1. The van der Waals surface area contributed by atoms with Gasteiger partial charge in [-0.25, -0.2) is 0 Å². The van der Waals surface area contributed by atoms with Crippen molar-refractivity contribution in [2.45, 2.75) is 34.1 Å². The van der Waals surface area contributed by atoms with Gasteiger partial charge in [-0.1, -0.05) is 32.0 Å². The summed E-state index contributed by atoms with van der Waals surface area (Å²) in [6, 6.07) is 6.34. The topological polar surface area (TPSA) is 15.3 Å². The van der Waals surface area contributed by atoms with Gasteiger partial charge in [-0.15, -0.1) is 0 Å². The van der Waals surface area contributed by atoms with E-state index in [4.69, 9.17) is 12.2 Å². The predicted octanol–water partition coefficient (Wildman–Crippen LogP) is 3.98. The fourth-order valence-corrected chi connectivity index (χ4v) is 3.28. The van der Waals surface area contributed by atoms with E-state index in [1.165, 1.54) is 23.2 Å². The molecule has 3 heteroatoms. The quantitative estimate of drug-likeness (QED) is 0.781. The molecule has 0 amide bonds. The number of piperidine rings is 1. The van der Waals surface area contributed by atoms with Crippen molar-refractivity contribution in [2.75, 3.05) is 18.4 Å². The molecular weight excluding hydrogens is 252 g/mol. The zero-order chi connectivity index (χ0) is 14.0. The van der Waals surface area contributed by atoms with E-state index in [9.17, 15) is 0 Å². The molecule has 19 heavy (non-hydrogen) atoms. The Hall–Kier alpha value is -1.09. The lowest BCUT2D eigenvalue weighted by atomic mass is 9.92. The van der Waals surface area contributed by atoms with Crippen LogP contribution in [0.4, 0.5) is 5.69 Å². The van der Waals surface area contributed by atoms with Crippen LogP contribution in [0.15, 0.2) is 18.2 Å². The van der Waals surface area contributed by atoms with E-state index in [2.05, 4.69) is 56.1 Å². The van der Waals surface area contributed by atoms with Gasteiger partial charge >= 0.3 is 0 Å². The van der Waals surface area contributed by atoms with E-state index in [0.717, 1.165) is 30.0 Å². The van der Waals surface area contributed by atoms with Crippen LogP contribution in [0.3, 0.4) is 0 Å². The van der Waals surface area contributed by atoms with Crippen LogP contribution in [0.2, 0.25) is 0 Å². The van der Waals surface area contributed by atoms with Crippen molar-refractivity contribution in [1.29, 1.82) is 0 Å². The van der Waals surface area contributed by atoms with Gasteiger partial charge in [0.1, 0.15) is 0 Å². The average Bonchev–Trinajstić information content (AvgIpc) is 2.32. The lowest BCUT2D eigenvalue weighted by Crippen LogP contribution is -2.44. The summed E-state index contributed by atoms with van der Waals surface area (Å²) in [6.07, 6.45) is 1.31. The van der Waals surface area contributed by atoms with E-state index in [-0.39, 0.29) is 0 Å². The van der Waals surface area contributed by atoms with Crippen LogP contribution < -0.4 is 5.32 Å². The van der Waals surface area contributed by atoms with Crippen molar-refractivity contribution < 1.29 is 0 Å². The number of thiocarbonyl (C=S) groups is 1. The van der Waals surface area contributed by atoms with Crippen molar-refractivity contribution in [1.82, 2.24) is 4.90 Å². The van der Waals surface area contributed by atoms with Gasteiger partial charge in [0.25, 0.3) is 0 Å². The molecule has 104 valence electrons. The smallest absolute Gasteiger partial charge is 0.173 e. The van der Waals surface area contributed by atoms with Crippen LogP contribution in [-0.4, -0.2) is 23.1 Å². The minimum absolute atomic E-state index is 0.724. The molecular formula is C16H24N2S. The fourth-order valence-electron chi connectivity index (χ4n) is 3.03. The molecule has 1 aromatic rings. The second kappa shape index (κ2) is 5.91. The van der Waals surface area contributed by atoms with E-state index < -0.39 is 0 Å². The van der Waals surface area contributed by atoms with E-state index in [1.54, 1.807) is 0 Å². The first kappa shape index (κ1) is 14.3. The predicted molar refractivity (Wildman–Crippen MR) is 86.7 cm³/mol. The lowest BCUT2D eigenvalue weighted by Gasteiger charge is -2.37. The summed E-state index contributed by atoms with van der Waals surface area (Å²) in [5.41, 5.74) is 3.67. The summed E-state index contributed by atoms with van der Waals surface area (Å²) in [6.45, 7) is 11.0. The van der Waals surface area contributed by atoms with Crippen LogP contribution in [0.25, 0.3) is 0 Å². The number of benzene rings is 1. The normalized spacial score (nSPS) is 23.3. The zero-order valence-electron chi connectivity index (χ0n) is 12.4. The van der Waals surface area contributed by atoms with Crippen LogP contribution in [0.5, 0.6) is 0 Å². The van der Waals surface area contributed by atoms with Crippen molar-refractivity contribution in [3.63, 3.8) is 0 Å². The van der Waals surface area contributed by atoms with Gasteiger partial charge in [0.2, 0.25) is 0 Å². The van der Waals surface area contributed by atoms with Crippen LogP contribution >= 0.6 is 12.2 Å². The maximum absolute atomic E-state index is 5.60. The number of hydrogen-bond donors (Lipinski definition) is 1. The first-order valence-corrected chi connectivity index (χ1v) is 7.50. The number of rotatable bonds is 1. The Morgan fingerprint density at radius 2 is 1.68 bits per heavy atom. The lowest BCUT2D eigenvalue weighted by molar-refractivity contribution is 0.216. The number of hydrogen-bond acceptors (Lipinski definition) is 1. The summed E-state index contributed by atoms with van der Waals surface area (Å²) >= 11 is 5.60. The molecule has 1 fully saturated rings. The molecule has 0 spiro atoms. The molecule has 1 aliphatic rings. The van der Waals surface area contributed by atoms with Gasteiger partial charge < -0.3 is 10.2 Å². The Morgan fingerprint density at radius 3 is 2.21 bits per heavy atom. The van der Waals surface area contributed by atoms with Gasteiger partial charge in [-0.05, 0) is 55.4 Å². The van der Waals surface area contributed by atoms with Gasteiger partial charge in [0.05, 0.1) is 0 Å². The molecule has 1 aliphatic heterocycles. The summed E-state index contributed by atoms with van der Waals surface area (Å²) < 4.78 is 0. The first-order valence-electron chi connectivity index (χ1n) is 7.09. The van der Waals surface area contributed by atoms with Gasteiger partial charge in [0, 0.05) is 18.8 Å². The van der Waals surface area contributed by atoms with Crippen LogP contribution in [0, 0.1) is 25.7 Å². The highest BCUT2D eigenvalue weighted by Crippen LogP contribution is 2.24. The monoisotopic (exact) mass is 276 g/mol. The molecule has 0 saturated carbocycles. The third-order valence-corrected chi connectivity index (χ3v) is 4.23.